The summed E-state index contributed by atoms with van der Waals surface area (Å²) in [5.74, 6) is 0. The Morgan fingerprint density at radius 3 is 1.11 bits per heavy atom. The van der Waals surface area contributed by atoms with E-state index in [9.17, 15) is 0 Å². The fourth-order valence-electron chi connectivity index (χ4n) is 6.55. The van der Waals surface area contributed by atoms with Crippen LogP contribution in [0.25, 0.3) is 0 Å². The molecule has 1 N–H and O–H groups in total. The second-order valence-electron chi connectivity index (χ2n) is 13.7. The van der Waals surface area contributed by atoms with Crippen molar-refractivity contribution < 1.29 is 0 Å². The lowest BCUT2D eigenvalue weighted by Gasteiger charge is -2.29. The molecule has 1 aromatic heterocycles. The van der Waals surface area contributed by atoms with Crippen molar-refractivity contribution in [3.05, 3.63) is 52.9 Å². The summed E-state index contributed by atoms with van der Waals surface area (Å²) in [6, 6.07) is 0. The summed E-state index contributed by atoms with van der Waals surface area (Å²) < 4.78 is 0. The van der Waals surface area contributed by atoms with Crippen LogP contribution >= 0.6 is 0 Å². The first kappa shape index (κ1) is 42.3. The van der Waals surface area contributed by atoms with E-state index in [1.807, 2.05) is 0 Å². The van der Waals surface area contributed by atoms with Gasteiger partial charge in [-0.1, -0.05) is 59.3 Å². The maximum Gasteiger partial charge on any atom is 0.0979 e. The van der Waals surface area contributed by atoms with Crippen molar-refractivity contribution in [2.24, 2.45) is 0 Å². The highest BCUT2D eigenvalue weighted by Crippen LogP contribution is 2.29. The number of hydrogen-bond donors (Lipinski definition) is 1. The van der Waals surface area contributed by atoms with Gasteiger partial charge in [-0.2, -0.15) is 0 Å². The van der Waals surface area contributed by atoms with Gasteiger partial charge in [-0.25, -0.2) is 4.98 Å². The predicted molar refractivity (Wildman–Crippen MR) is 204 cm³/mol. The Morgan fingerprint density at radius 1 is 0.511 bits per heavy atom. The number of aromatic nitrogens is 2. The summed E-state index contributed by atoms with van der Waals surface area (Å²) in [5, 5.41) is 0. The van der Waals surface area contributed by atoms with Crippen molar-refractivity contribution >= 4 is 0 Å². The van der Waals surface area contributed by atoms with Crippen LogP contribution in [-0.4, -0.2) is 98.6 Å². The summed E-state index contributed by atoms with van der Waals surface area (Å²) in [5.41, 5.74) is 8.64. The Kier molecular flexibility index (Phi) is 19.8. The van der Waals surface area contributed by atoms with Gasteiger partial charge in [-0.05, 0) is 81.6 Å². The van der Waals surface area contributed by atoms with Crippen LogP contribution in [0.2, 0.25) is 0 Å². The molecule has 0 saturated carbocycles. The molecule has 0 spiro atoms. The molecule has 0 aromatic carbocycles. The zero-order valence-corrected chi connectivity index (χ0v) is 33.6. The van der Waals surface area contributed by atoms with E-state index < -0.39 is 0 Å². The molecular weight excluding hydrogens is 580 g/mol. The van der Waals surface area contributed by atoms with E-state index >= 15 is 0 Å². The number of aromatic amines is 1. The molecule has 0 saturated heterocycles. The minimum Gasteiger partial charge on any atom is -0.357 e. The maximum atomic E-state index is 3.67. The molecule has 3 aliphatic heterocycles. The number of allylic oxidation sites excluding steroid dienone is 6. The first-order chi connectivity index (χ1) is 22.3. The molecule has 0 radical (unpaired) electrons. The molecule has 4 heterocycles. The van der Waals surface area contributed by atoms with Crippen LogP contribution in [0.4, 0.5) is 0 Å². The first-order valence-electron chi connectivity index (χ1n) is 18.7. The third-order valence-corrected chi connectivity index (χ3v) is 10.9. The molecule has 8 heteroatoms. The lowest BCUT2D eigenvalue weighted by molar-refractivity contribution is 0.176. The predicted octanol–water partition coefficient (Wildman–Crippen LogP) is 9.47. The number of H-pyrrole nitrogens is 1. The third kappa shape index (κ3) is 12.3. The Bertz CT molecular complexity index is 1060. The molecule has 3 unspecified atom stereocenters. The van der Waals surface area contributed by atoms with Gasteiger partial charge in [0.2, 0.25) is 0 Å². The Hall–Kier alpha value is -2.77. The van der Waals surface area contributed by atoms with Crippen LogP contribution in [0.5, 0.6) is 0 Å². The number of nitrogens with one attached hydrogen (secondary N) is 1. The highest BCUT2D eigenvalue weighted by atomic mass is 15.4. The van der Waals surface area contributed by atoms with Gasteiger partial charge >= 0.3 is 0 Å². The second-order valence-corrected chi connectivity index (χ2v) is 13.7. The molecule has 3 aliphatic rings. The van der Waals surface area contributed by atoms with Crippen LogP contribution in [-0.2, 0) is 0 Å². The van der Waals surface area contributed by atoms with Gasteiger partial charge in [-0.15, -0.1) is 0 Å². The fourth-order valence-corrected chi connectivity index (χ4v) is 6.55. The topological polar surface area (TPSA) is 48.1 Å². The summed E-state index contributed by atoms with van der Waals surface area (Å²) in [7, 11) is 6.55. The van der Waals surface area contributed by atoms with E-state index in [1.165, 1.54) is 112 Å². The molecule has 3 atom stereocenters. The van der Waals surface area contributed by atoms with Gasteiger partial charge in [0.25, 0.3) is 0 Å². The van der Waals surface area contributed by atoms with Crippen molar-refractivity contribution in [2.45, 2.75) is 159 Å². The minimum atomic E-state index is 0.548. The highest BCUT2D eigenvalue weighted by Gasteiger charge is 2.29. The Labute approximate surface area is 291 Å². The van der Waals surface area contributed by atoms with E-state index in [-0.39, 0.29) is 0 Å². The molecule has 4 rings (SSSR count). The van der Waals surface area contributed by atoms with Crippen LogP contribution in [0.1, 0.15) is 141 Å². The van der Waals surface area contributed by atoms with Crippen molar-refractivity contribution in [1.29, 1.82) is 0 Å². The summed E-state index contributed by atoms with van der Waals surface area (Å²) in [4.78, 5) is 21.1. The van der Waals surface area contributed by atoms with Gasteiger partial charge in [0, 0.05) is 87.4 Å². The molecular formula is C39H76N8. The lowest BCUT2D eigenvalue weighted by Crippen LogP contribution is -2.36. The van der Waals surface area contributed by atoms with E-state index in [0.717, 1.165) is 0 Å². The maximum absolute atomic E-state index is 3.67. The standard InChI is InChI=1S/C13H26N2.C12H24N2.C11H22N2.C3H4N2/c1-6-7-8-9-10-15-12(3)11(2)14(5)13(15)4;1-6-7-8-9-14-11(3)10(2)13(5)12(14)4;1-6-7-8-13-10(3)9(2)12(5)11(13)4;1-2-5-3-4-1/h13H,6-10H2,1-5H3;12H,6-9H2,1-5H3;11H,6-8H2,1-5H3;1-3H,(H,4,5). The van der Waals surface area contributed by atoms with Gasteiger partial charge in [0.1, 0.15) is 0 Å². The monoisotopic (exact) mass is 657 g/mol. The summed E-state index contributed by atoms with van der Waals surface area (Å²) in [6.45, 7) is 30.6. The molecule has 1 aromatic rings. The van der Waals surface area contributed by atoms with Gasteiger partial charge in [0.15, 0.2) is 0 Å². The molecule has 0 amide bonds. The number of unbranched alkanes of at least 4 members (excludes halogenated alkanes) is 6. The minimum absolute atomic E-state index is 0.548. The van der Waals surface area contributed by atoms with E-state index in [0.29, 0.717) is 18.5 Å². The van der Waals surface area contributed by atoms with Crippen molar-refractivity contribution in [1.82, 2.24) is 39.4 Å². The Balaban J connectivity index is 0.000000328. The first-order valence-corrected chi connectivity index (χ1v) is 18.7. The lowest BCUT2D eigenvalue weighted by atomic mass is 10.2. The largest absolute Gasteiger partial charge is 0.357 e. The highest BCUT2D eigenvalue weighted by molar-refractivity contribution is 5.16. The van der Waals surface area contributed by atoms with Crippen molar-refractivity contribution in [2.75, 3.05) is 40.8 Å². The normalized spacial score (nSPS) is 21.0. The number of nitrogens with zero attached hydrogens (tertiary/aromatic N) is 7. The average Bonchev–Trinajstić information content (AvgIpc) is 3.80. The van der Waals surface area contributed by atoms with Gasteiger partial charge in [0.05, 0.1) is 24.8 Å². The fraction of sp³-hybridized carbons (Fsp3) is 0.769. The van der Waals surface area contributed by atoms with E-state index in [1.54, 1.807) is 18.7 Å². The summed E-state index contributed by atoms with van der Waals surface area (Å²) >= 11 is 0. The smallest absolute Gasteiger partial charge is 0.0979 e. The zero-order chi connectivity index (χ0) is 35.7. The van der Waals surface area contributed by atoms with Crippen LogP contribution in [0.3, 0.4) is 0 Å². The second kappa shape index (κ2) is 22.0. The van der Waals surface area contributed by atoms with Crippen LogP contribution < -0.4 is 0 Å². The number of hydrogen-bond acceptors (Lipinski definition) is 7. The molecule has 0 bridgehead atoms. The zero-order valence-electron chi connectivity index (χ0n) is 33.6. The SMILES string of the molecule is CCCCCCN1C(C)=C(C)N(C)C1C.CCCCCN1C(C)=C(C)N(C)C1C.CCCCN1C(C)=C(C)N(C)C1C.c1c[nH]cn1. The van der Waals surface area contributed by atoms with Crippen LogP contribution in [0, 0.1) is 0 Å². The van der Waals surface area contributed by atoms with Gasteiger partial charge < -0.3 is 34.4 Å². The average molecular weight is 657 g/mol. The number of imidazole rings is 1. The molecule has 47 heavy (non-hydrogen) atoms. The van der Waals surface area contributed by atoms with E-state index in [4.69, 9.17) is 0 Å². The molecule has 272 valence electrons. The summed E-state index contributed by atoms with van der Waals surface area (Å²) in [6.07, 6.45) is 18.7. The van der Waals surface area contributed by atoms with Gasteiger partial charge in [-0.3, -0.25) is 0 Å². The van der Waals surface area contributed by atoms with E-state index in [2.05, 4.69) is 144 Å². The molecule has 0 aliphatic carbocycles. The van der Waals surface area contributed by atoms with Crippen LogP contribution in [0.15, 0.2) is 52.9 Å². The van der Waals surface area contributed by atoms with Crippen molar-refractivity contribution in [3.8, 4) is 0 Å². The van der Waals surface area contributed by atoms with Crippen molar-refractivity contribution in [3.63, 3.8) is 0 Å². The number of rotatable bonds is 12. The quantitative estimate of drug-likeness (QED) is 0.225. The molecule has 0 fully saturated rings. The Morgan fingerprint density at radius 2 is 0.851 bits per heavy atom. The molecule has 8 nitrogen and oxygen atoms in total. The third-order valence-electron chi connectivity index (χ3n) is 10.9.